The third-order valence-corrected chi connectivity index (χ3v) is 2.42. The molecule has 1 aromatic rings. The minimum atomic E-state index is -0.277. The van der Waals surface area contributed by atoms with E-state index in [4.69, 9.17) is 5.73 Å². The zero-order valence-corrected chi connectivity index (χ0v) is 10.3. The molecule has 0 spiro atoms. The van der Waals surface area contributed by atoms with Gasteiger partial charge in [-0.25, -0.2) is 4.39 Å². The van der Waals surface area contributed by atoms with Crippen LogP contribution in [0.4, 0.5) is 10.1 Å². The highest BCUT2D eigenvalue weighted by Gasteiger charge is 2.08. The number of anilines is 1. The first-order valence-corrected chi connectivity index (χ1v) is 4.72. The van der Waals surface area contributed by atoms with Crippen molar-refractivity contribution in [1.29, 1.82) is 0 Å². The van der Waals surface area contributed by atoms with Crippen LogP contribution in [0.25, 0.3) is 5.57 Å². The second-order valence-corrected chi connectivity index (χ2v) is 3.42. The fraction of sp³-hybridized carbons (Fsp3) is 0.273. The molecule has 0 aromatic heterocycles. The Balaban J connectivity index is 0.00000112. The van der Waals surface area contributed by atoms with E-state index in [9.17, 15) is 4.39 Å². The van der Waals surface area contributed by atoms with Crippen LogP contribution >= 0.6 is 24.8 Å². The van der Waals surface area contributed by atoms with E-state index in [-0.39, 0.29) is 30.6 Å². The zero-order valence-electron chi connectivity index (χ0n) is 8.70. The summed E-state index contributed by atoms with van der Waals surface area (Å²) >= 11 is 0. The van der Waals surface area contributed by atoms with Gasteiger partial charge < -0.3 is 11.1 Å². The summed E-state index contributed by atoms with van der Waals surface area (Å²) in [6.07, 6.45) is 3.06. The third-order valence-electron chi connectivity index (χ3n) is 2.42. The smallest absolute Gasteiger partial charge is 0.125 e. The molecule has 2 rings (SSSR count). The number of halogens is 3. The van der Waals surface area contributed by atoms with Gasteiger partial charge in [0, 0.05) is 17.8 Å². The van der Waals surface area contributed by atoms with Crippen LogP contribution in [0.1, 0.15) is 12.0 Å². The highest BCUT2D eigenvalue weighted by atomic mass is 35.5. The van der Waals surface area contributed by atoms with Crippen LogP contribution in [0.5, 0.6) is 0 Å². The van der Waals surface area contributed by atoms with Crippen LogP contribution in [0.15, 0.2) is 24.3 Å². The molecular formula is C11H15Cl2FN2. The van der Waals surface area contributed by atoms with Gasteiger partial charge in [0.15, 0.2) is 0 Å². The van der Waals surface area contributed by atoms with Gasteiger partial charge in [-0.3, -0.25) is 0 Å². The monoisotopic (exact) mass is 264 g/mol. The van der Waals surface area contributed by atoms with Crippen molar-refractivity contribution < 1.29 is 4.39 Å². The molecule has 1 heterocycles. The number of nitrogen functional groups attached to an aromatic ring is 1. The Morgan fingerprint density at radius 2 is 2.00 bits per heavy atom. The molecule has 0 unspecified atom stereocenters. The summed E-state index contributed by atoms with van der Waals surface area (Å²) in [4.78, 5) is 0. The van der Waals surface area contributed by atoms with Gasteiger partial charge in [0.05, 0.1) is 0 Å². The van der Waals surface area contributed by atoms with Gasteiger partial charge in [-0.05, 0) is 36.7 Å². The predicted octanol–water partition coefficient (Wildman–Crippen LogP) is 2.63. The maximum atomic E-state index is 12.8. The minimum Gasteiger partial charge on any atom is -0.398 e. The van der Waals surface area contributed by atoms with E-state index >= 15 is 0 Å². The van der Waals surface area contributed by atoms with Crippen molar-refractivity contribution in [2.45, 2.75) is 6.42 Å². The second kappa shape index (κ2) is 6.74. The number of rotatable bonds is 1. The van der Waals surface area contributed by atoms with Gasteiger partial charge in [-0.15, -0.1) is 24.8 Å². The molecule has 0 saturated heterocycles. The molecule has 0 fully saturated rings. The lowest BCUT2D eigenvalue weighted by molar-refractivity contribution is 0.628. The average Bonchev–Trinajstić information content (AvgIpc) is 2.19. The van der Waals surface area contributed by atoms with Crippen LogP contribution in [0, 0.1) is 5.82 Å². The SMILES string of the molecule is Cl.Cl.Nc1cc(F)ccc1C1=CCNCC1. The zero-order chi connectivity index (χ0) is 9.97. The Kier molecular flexibility index (Phi) is 6.41. The van der Waals surface area contributed by atoms with E-state index in [1.54, 1.807) is 6.07 Å². The fourth-order valence-corrected chi connectivity index (χ4v) is 1.69. The van der Waals surface area contributed by atoms with Crippen LogP contribution < -0.4 is 11.1 Å². The Morgan fingerprint density at radius 1 is 1.25 bits per heavy atom. The van der Waals surface area contributed by atoms with Gasteiger partial charge in [-0.2, -0.15) is 0 Å². The number of nitrogens with one attached hydrogen (secondary N) is 1. The van der Waals surface area contributed by atoms with Gasteiger partial charge in [0.2, 0.25) is 0 Å². The fourth-order valence-electron chi connectivity index (χ4n) is 1.69. The van der Waals surface area contributed by atoms with E-state index in [2.05, 4.69) is 11.4 Å². The third kappa shape index (κ3) is 3.37. The molecule has 0 aliphatic carbocycles. The highest BCUT2D eigenvalue weighted by Crippen LogP contribution is 2.25. The molecule has 5 heteroatoms. The van der Waals surface area contributed by atoms with E-state index in [1.807, 2.05) is 0 Å². The molecule has 16 heavy (non-hydrogen) atoms. The van der Waals surface area contributed by atoms with E-state index in [0.29, 0.717) is 5.69 Å². The quantitative estimate of drug-likeness (QED) is 0.766. The molecule has 0 amide bonds. The molecule has 1 aromatic carbocycles. The van der Waals surface area contributed by atoms with Crippen LogP contribution in [-0.2, 0) is 0 Å². The van der Waals surface area contributed by atoms with E-state index in [1.165, 1.54) is 17.7 Å². The lowest BCUT2D eigenvalue weighted by atomic mass is 9.99. The molecule has 1 aliphatic heterocycles. The number of hydrogen-bond donors (Lipinski definition) is 2. The Morgan fingerprint density at radius 3 is 2.56 bits per heavy atom. The number of hydrogen-bond acceptors (Lipinski definition) is 2. The van der Waals surface area contributed by atoms with Crippen LogP contribution in [0.3, 0.4) is 0 Å². The van der Waals surface area contributed by atoms with Gasteiger partial charge in [-0.1, -0.05) is 6.08 Å². The molecule has 3 N–H and O–H groups in total. The molecule has 0 radical (unpaired) electrons. The topological polar surface area (TPSA) is 38.0 Å². The minimum absolute atomic E-state index is 0. The summed E-state index contributed by atoms with van der Waals surface area (Å²) in [5.41, 5.74) is 8.45. The van der Waals surface area contributed by atoms with Crippen molar-refractivity contribution in [3.05, 3.63) is 35.7 Å². The normalized spacial score (nSPS) is 14.4. The number of nitrogens with two attached hydrogens (primary N) is 1. The molecule has 1 aliphatic rings. The predicted molar refractivity (Wildman–Crippen MR) is 70.8 cm³/mol. The van der Waals surface area contributed by atoms with Crippen LogP contribution in [-0.4, -0.2) is 13.1 Å². The van der Waals surface area contributed by atoms with Gasteiger partial charge in [0.1, 0.15) is 5.82 Å². The highest BCUT2D eigenvalue weighted by molar-refractivity contribution is 5.85. The van der Waals surface area contributed by atoms with Crippen molar-refractivity contribution in [3.8, 4) is 0 Å². The average molecular weight is 265 g/mol. The van der Waals surface area contributed by atoms with E-state index < -0.39 is 0 Å². The summed E-state index contributed by atoms with van der Waals surface area (Å²) in [6.45, 7) is 1.83. The summed E-state index contributed by atoms with van der Waals surface area (Å²) in [7, 11) is 0. The first-order valence-electron chi connectivity index (χ1n) is 4.72. The summed E-state index contributed by atoms with van der Waals surface area (Å²) in [6, 6.07) is 4.58. The van der Waals surface area contributed by atoms with Gasteiger partial charge in [0.25, 0.3) is 0 Å². The Hall–Kier alpha value is -0.770. The molecule has 0 saturated carbocycles. The maximum absolute atomic E-state index is 12.8. The first-order chi connectivity index (χ1) is 6.77. The molecule has 90 valence electrons. The Bertz CT molecular complexity index is 380. The lowest BCUT2D eigenvalue weighted by Gasteiger charge is -2.15. The van der Waals surface area contributed by atoms with Crippen molar-refractivity contribution in [1.82, 2.24) is 5.32 Å². The largest absolute Gasteiger partial charge is 0.398 e. The summed E-state index contributed by atoms with van der Waals surface area (Å²) in [5, 5.41) is 3.22. The van der Waals surface area contributed by atoms with Crippen molar-refractivity contribution in [2.75, 3.05) is 18.8 Å². The summed E-state index contributed by atoms with van der Waals surface area (Å²) < 4.78 is 12.8. The first kappa shape index (κ1) is 15.2. The molecular weight excluding hydrogens is 250 g/mol. The lowest BCUT2D eigenvalue weighted by Crippen LogP contribution is -2.20. The van der Waals surface area contributed by atoms with Gasteiger partial charge >= 0.3 is 0 Å². The Labute approximate surface area is 107 Å². The molecule has 2 nitrogen and oxygen atoms in total. The summed E-state index contributed by atoms with van der Waals surface area (Å²) in [5.74, 6) is -0.277. The molecule has 0 atom stereocenters. The van der Waals surface area contributed by atoms with Crippen molar-refractivity contribution in [3.63, 3.8) is 0 Å². The molecule has 0 bridgehead atoms. The van der Waals surface area contributed by atoms with Crippen molar-refractivity contribution in [2.24, 2.45) is 0 Å². The van der Waals surface area contributed by atoms with Crippen molar-refractivity contribution >= 4 is 36.1 Å². The maximum Gasteiger partial charge on any atom is 0.125 e. The number of benzene rings is 1. The van der Waals surface area contributed by atoms with Crippen LogP contribution in [0.2, 0.25) is 0 Å². The standard InChI is InChI=1S/C11H13FN2.2ClH/c12-9-1-2-10(11(13)7-9)8-3-5-14-6-4-8;;/h1-3,7,14H,4-6,13H2;2*1H. The second-order valence-electron chi connectivity index (χ2n) is 3.42. The van der Waals surface area contributed by atoms with E-state index in [0.717, 1.165) is 25.1 Å².